The Morgan fingerprint density at radius 2 is 1.64 bits per heavy atom. The lowest BCUT2D eigenvalue weighted by molar-refractivity contribution is -0.136. The van der Waals surface area contributed by atoms with Gasteiger partial charge >= 0.3 is 11.8 Å². The van der Waals surface area contributed by atoms with E-state index in [2.05, 4.69) is 33.8 Å². The van der Waals surface area contributed by atoms with Crippen LogP contribution in [0.25, 0.3) is 21.7 Å². The second-order valence-corrected chi connectivity index (χ2v) is 14.6. The summed E-state index contributed by atoms with van der Waals surface area (Å²) in [5.74, 6) is -0.932. The Bertz CT molecular complexity index is 2290. The Kier molecular flexibility index (Phi) is 9.88. The minimum atomic E-state index is -4.66. The fourth-order valence-electron chi connectivity index (χ4n) is 7.73. The SMILES string of the molecule is CC1(C)CCc2cc3c(C(F)(F)F)cc(=O)oc3cc2N1CCCCCN1CCN(C(=O)c2cc(Cc3n[nH]c(=O)c4ccccc34)ccc2F)CC1. The number of amides is 1. The van der Waals surface area contributed by atoms with E-state index in [9.17, 15) is 31.9 Å². The highest BCUT2D eigenvalue weighted by Gasteiger charge is 2.37. The first-order valence-corrected chi connectivity index (χ1v) is 18.0. The molecule has 2 aliphatic rings. The molecule has 0 bridgehead atoms. The number of anilines is 1. The number of hydrogen-bond acceptors (Lipinski definition) is 7. The summed E-state index contributed by atoms with van der Waals surface area (Å²) < 4.78 is 61.4. The number of aromatic nitrogens is 2. The number of piperazine rings is 1. The molecule has 1 fully saturated rings. The maximum atomic E-state index is 15.0. The second-order valence-electron chi connectivity index (χ2n) is 14.6. The fourth-order valence-corrected chi connectivity index (χ4v) is 7.73. The summed E-state index contributed by atoms with van der Waals surface area (Å²) in [4.78, 5) is 43.9. The van der Waals surface area contributed by atoms with Crippen molar-refractivity contribution in [2.45, 2.75) is 64.1 Å². The van der Waals surface area contributed by atoms with Gasteiger partial charge in [0.2, 0.25) is 0 Å². The standard InChI is InChI=1S/C40H41F4N5O4/c1-39(2)13-12-26-22-29-31(40(42,43)44)23-36(50)53-35(29)24-34(26)49(39)15-7-3-6-14-47-16-18-48(19-17-47)38(52)30-20-25(10-11-32(30)41)21-33-27-8-4-5-9-28(27)37(51)46-45-33/h4-5,8-11,20,22-24H,3,6-7,12-19,21H2,1-2H3,(H,46,51). The quantitative estimate of drug-likeness (QED) is 0.0996. The summed E-state index contributed by atoms with van der Waals surface area (Å²) in [6.45, 7) is 8.10. The third-order valence-electron chi connectivity index (χ3n) is 10.7. The van der Waals surface area contributed by atoms with E-state index < -0.39 is 23.2 Å². The molecule has 0 aliphatic carbocycles. The molecule has 7 rings (SSSR count). The highest BCUT2D eigenvalue weighted by Crippen LogP contribution is 2.42. The summed E-state index contributed by atoms with van der Waals surface area (Å²) >= 11 is 0. The van der Waals surface area contributed by atoms with Gasteiger partial charge < -0.3 is 14.2 Å². The Morgan fingerprint density at radius 3 is 2.40 bits per heavy atom. The van der Waals surface area contributed by atoms with E-state index >= 15 is 0 Å². The van der Waals surface area contributed by atoms with E-state index in [-0.39, 0.29) is 33.5 Å². The maximum Gasteiger partial charge on any atom is 0.417 e. The van der Waals surface area contributed by atoms with E-state index in [1.807, 2.05) is 12.1 Å². The first-order valence-electron chi connectivity index (χ1n) is 18.0. The molecule has 3 aromatic carbocycles. The number of hydrogen-bond donors (Lipinski definition) is 1. The molecule has 1 amide bonds. The zero-order valence-corrected chi connectivity index (χ0v) is 29.7. The predicted molar refractivity (Wildman–Crippen MR) is 195 cm³/mol. The van der Waals surface area contributed by atoms with Crippen LogP contribution in [0.5, 0.6) is 0 Å². The van der Waals surface area contributed by atoms with Crippen molar-refractivity contribution in [3.63, 3.8) is 0 Å². The molecule has 0 spiro atoms. The predicted octanol–water partition coefficient (Wildman–Crippen LogP) is 6.94. The molecule has 1 N–H and O–H groups in total. The molecular weight excluding hydrogens is 690 g/mol. The summed E-state index contributed by atoms with van der Waals surface area (Å²) in [6, 6.07) is 15.3. The number of H-pyrrole nitrogens is 1. The minimum absolute atomic E-state index is 0.0165. The molecule has 53 heavy (non-hydrogen) atoms. The zero-order valence-electron chi connectivity index (χ0n) is 29.7. The van der Waals surface area contributed by atoms with Crippen LogP contribution in [0.2, 0.25) is 0 Å². The van der Waals surface area contributed by atoms with Crippen LogP contribution in [-0.4, -0.2) is 70.7 Å². The topological polar surface area (TPSA) is 103 Å². The molecule has 278 valence electrons. The van der Waals surface area contributed by atoms with Crippen LogP contribution in [0.1, 0.15) is 72.3 Å². The molecule has 0 unspecified atom stereocenters. The van der Waals surface area contributed by atoms with Crippen molar-refractivity contribution in [1.82, 2.24) is 20.0 Å². The summed E-state index contributed by atoms with van der Waals surface area (Å²) in [6.07, 6.45) is -0.199. The second kappa shape index (κ2) is 14.4. The Balaban J connectivity index is 0.924. The lowest BCUT2D eigenvalue weighted by atomic mass is 9.85. The highest BCUT2D eigenvalue weighted by molar-refractivity contribution is 5.95. The van der Waals surface area contributed by atoms with E-state index in [0.717, 1.165) is 43.5 Å². The lowest BCUT2D eigenvalue weighted by Gasteiger charge is -2.45. The molecule has 0 radical (unpaired) electrons. The van der Waals surface area contributed by atoms with Crippen molar-refractivity contribution in [3.8, 4) is 0 Å². The minimum Gasteiger partial charge on any atom is -0.423 e. The van der Waals surface area contributed by atoms with Crippen LogP contribution in [0, 0.1) is 5.82 Å². The smallest absolute Gasteiger partial charge is 0.417 e. The van der Waals surface area contributed by atoms with Crippen molar-refractivity contribution in [1.29, 1.82) is 0 Å². The van der Waals surface area contributed by atoms with Crippen LogP contribution in [-0.2, 0) is 19.0 Å². The average Bonchev–Trinajstić information content (AvgIpc) is 3.13. The van der Waals surface area contributed by atoms with Gasteiger partial charge in [-0.05, 0) is 81.5 Å². The van der Waals surface area contributed by atoms with E-state index in [1.165, 1.54) is 12.1 Å². The lowest BCUT2D eigenvalue weighted by Crippen LogP contribution is -2.49. The summed E-state index contributed by atoms with van der Waals surface area (Å²) in [7, 11) is 0. The van der Waals surface area contributed by atoms with Gasteiger partial charge in [-0.3, -0.25) is 14.5 Å². The van der Waals surface area contributed by atoms with Gasteiger partial charge in [-0.1, -0.05) is 30.7 Å². The van der Waals surface area contributed by atoms with Gasteiger partial charge in [0, 0.05) is 73.3 Å². The molecule has 2 aliphatic heterocycles. The fraction of sp³-hybridized carbons (Fsp3) is 0.400. The number of alkyl halides is 3. The van der Waals surface area contributed by atoms with Gasteiger partial charge in [0.25, 0.3) is 11.5 Å². The van der Waals surface area contributed by atoms with Crippen molar-refractivity contribution in [2.24, 2.45) is 0 Å². The van der Waals surface area contributed by atoms with Gasteiger partial charge in [0.05, 0.1) is 22.2 Å². The normalized spacial score (nSPS) is 16.3. The van der Waals surface area contributed by atoms with Crippen LogP contribution in [0.4, 0.5) is 23.2 Å². The number of nitrogens with one attached hydrogen (secondary N) is 1. The first-order chi connectivity index (χ1) is 25.3. The zero-order chi connectivity index (χ0) is 37.5. The van der Waals surface area contributed by atoms with Gasteiger partial charge in [0.15, 0.2) is 0 Å². The highest BCUT2D eigenvalue weighted by atomic mass is 19.4. The largest absolute Gasteiger partial charge is 0.423 e. The monoisotopic (exact) mass is 731 g/mol. The number of aryl methyl sites for hydroxylation is 1. The number of fused-ring (bicyclic) bond motifs is 3. The van der Waals surface area contributed by atoms with E-state index in [1.54, 1.807) is 35.2 Å². The van der Waals surface area contributed by atoms with E-state index in [0.29, 0.717) is 73.7 Å². The number of nitrogens with zero attached hydrogens (tertiary/aromatic N) is 4. The summed E-state index contributed by atoms with van der Waals surface area (Å²) in [5.41, 5.74) is 0.421. The first kappa shape index (κ1) is 36.3. The Labute approximate surface area is 303 Å². The average molecular weight is 732 g/mol. The van der Waals surface area contributed by atoms with Crippen molar-refractivity contribution in [3.05, 3.63) is 115 Å². The Hall–Kier alpha value is -5.04. The Morgan fingerprint density at radius 1 is 0.906 bits per heavy atom. The van der Waals surface area contributed by atoms with Crippen LogP contribution >= 0.6 is 0 Å². The van der Waals surface area contributed by atoms with E-state index in [4.69, 9.17) is 4.42 Å². The van der Waals surface area contributed by atoms with Crippen molar-refractivity contribution < 1.29 is 26.8 Å². The third kappa shape index (κ3) is 7.57. The third-order valence-corrected chi connectivity index (χ3v) is 10.7. The number of benzene rings is 3. The number of rotatable bonds is 9. The maximum absolute atomic E-state index is 15.0. The van der Waals surface area contributed by atoms with Crippen LogP contribution < -0.4 is 16.1 Å². The number of aromatic amines is 1. The molecule has 9 nitrogen and oxygen atoms in total. The number of halogens is 4. The van der Waals surface area contributed by atoms with Crippen LogP contribution in [0.3, 0.4) is 0 Å². The molecule has 13 heteroatoms. The van der Waals surface area contributed by atoms with Gasteiger partial charge in [0.1, 0.15) is 11.4 Å². The molecule has 2 aromatic heterocycles. The molecule has 0 atom stereocenters. The molecule has 0 saturated carbocycles. The molecular formula is C40H41F4N5O4. The summed E-state index contributed by atoms with van der Waals surface area (Å²) in [5, 5.41) is 7.87. The number of carbonyl (C=O) groups is 1. The molecule has 1 saturated heterocycles. The number of unbranched alkanes of at least 4 members (excludes halogenated alkanes) is 2. The number of carbonyl (C=O) groups excluding carboxylic acids is 1. The molecule has 4 heterocycles. The molecule has 5 aromatic rings. The van der Waals surface area contributed by atoms with Crippen molar-refractivity contribution in [2.75, 3.05) is 44.2 Å². The van der Waals surface area contributed by atoms with Gasteiger partial charge in [-0.2, -0.15) is 18.3 Å². The van der Waals surface area contributed by atoms with Gasteiger partial charge in [-0.25, -0.2) is 14.3 Å². The van der Waals surface area contributed by atoms with Gasteiger partial charge in [-0.15, -0.1) is 0 Å². The van der Waals surface area contributed by atoms with Crippen molar-refractivity contribution >= 4 is 33.3 Å². The van der Waals surface area contributed by atoms with Crippen LogP contribution in [0.15, 0.2) is 74.7 Å².